The summed E-state index contributed by atoms with van der Waals surface area (Å²) < 4.78 is 16.6. The Morgan fingerprint density at radius 3 is 2.61 bits per heavy atom. The first-order chi connectivity index (χ1) is 15.9. The Balaban J connectivity index is 1.65. The van der Waals surface area contributed by atoms with Gasteiger partial charge in [0.2, 0.25) is 5.76 Å². The van der Waals surface area contributed by atoms with Crippen LogP contribution in [-0.2, 0) is 6.61 Å². The quantitative estimate of drug-likeness (QED) is 0.356. The molecule has 0 fully saturated rings. The van der Waals surface area contributed by atoms with Gasteiger partial charge in [0, 0.05) is 25.3 Å². The molecule has 1 heterocycles. The highest BCUT2D eigenvalue weighted by molar-refractivity contribution is 5.95. The van der Waals surface area contributed by atoms with Gasteiger partial charge in [0.05, 0.1) is 12.8 Å². The van der Waals surface area contributed by atoms with E-state index in [9.17, 15) is 9.59 Å². The number of amides is 1. The number of anilines is 1. The summed E-state index contributed by atoms with van der Waals surface area (Å²) >= 11 is 0. The van der Waals surface area contributed by atoms with Crippen LogP contribution in [0.1, 0.15) is 39.2 Å². The first-order valence-corrected chi connectivity index (χ1v) is 10.2. The second-order valence-corrected chi connectivity index (χ2v) is 7.14. The average Bonchev–Trinajstić information content (AvgIpc) is 3.28. The van der Waals surface area contributed by atoms with Gasteiger partial charge in [-0.25, -0.2) is 10.2 Å². The zero-order valence-corrected chi connectivity index (χ0v) is 18.6. The molecule has 1 aromatic heterocycles. The van der Waals surface area contributed by atoms with Crippen LogP contribution in [0.25, 0.3) is 0 Å². The molecule has 0 unspecified atom stereocenters. The molecule has 33 heavy (non-hydrogen) atoms. The number of carbonyl (C=O) groups excluding carboxylic acids is 1. The molecule has 3 rings (SSSR count). The molecular formula is C24H25N3O6. The van der Waals surface area contributed by atoms with Crippen LogP contribution in [0.2, 0.25) is 0 Å². The molecule has 9 nitrogen and oxygen atoms in total. The summed E-state index contributed by atoms with van der Waals surface area (Å²) in [5.74, 6) is -0.290. The summed E-state index contributed by atoms with van der Waals surface area (Å²) in [7, 11) is 3.81. The molecular weight excluding hydrogens is 426 g/mol. The average molecular weight is 451 g/mol. The summed E-state index contributed by atoms with van der Waals surface area (Å²) in [6.45, 7) is 2.31. The smallest absolute Gasteiger partial charge is 0.371 e. The van der Waals surface area contributed by atoms with Crippen molar-refractivity contribution < 1.29 is 28.6 Å². The monoisotopic (exact) mass is 451 g/mol. The van der Waals surface area contributed by atoms with Crippen LogP contribution in [0.3, 0.4) is 0 Å². The highest BCUT2D eigenvalue weighted by atomic mass is 16.5. The highest BCUT2D eigenvalue weighted by Crippen LogP contribution is 2.29. The fraction of sp³-hybridized carbons (Fsp3) is 0.208. The molecule has 0 atom stereocenters. The molecule has 0 spiro atoms. The SMILES string of the molecule is CCOc1cc(C=NNC(=O)c2cccc(N(C)C)c2)ccc1OCc1ccc(C(=O)O)o1. The molecule has 1 amide bonds. The van der Waals surface area contributed by atoms with Crippen LogP contribution in [0, 0.1) is 0 Å². The van der Waals surface area contributed by atoms with Gasteiger partial charge in [0.15, 0.2) is 11.5 Å². The van der Waals surface area contributed by atoms with Crippen molar-refractivity contribution >= 4 is 23.8 Å². The van der Waals surface area contributed by atoms with Crippen molar-refractivity contribution in [1.29, 1.82) is 0 Å². The predicted molar refractivity (Wildman–Crippen MR) is 123 cm³/mol. The van der Waals surface area contributed by atoms with E-state index < -0.39 is 5.97 Å². The molecule has 2 N–H and O–H groups in total. The number of nitrogens with one attached hydrogen (secondary N) is 1. The Kier molecular flexibility index (Phi) is 7.69. The minimum absolute atomic E-state index is 0.0445. The molecule has 0 aliphatic rings. The van der Waals surface area contributed by atoms with Crippen LogP contribution in [0.5, 0.6) is 11.5 Å². The van der Waals surface area contributed by atoms with Gasteiger partial charge in [-0.3, -0.25) is 4.79 Å². The van der Waals surface area contributed by atoms with Gasteiger partial charge < -0.3 is 23.9 Å². The Morgan fingerprint density at radius 1 is 1.09 bits per heavy atom. The summed E-state index contributed by atoms with van der Waals surface area (Å²) in [6.07, 6.45) is 1.51. The van der Waals surface area contributed by atoms with Gasteiger partial charge in [-0.15, -0.1) is 0 Å². The fourth-order valence-corrected chi connectivity index (χ4v) is 2.87. The van der Waals surface area contributed by atoms with Crippen molar-refractivity contribution in [3.8, 4) is 11.5 Å². The molecule has 0 saturated carbocycles. The maximum Gasteiger partial charge on any atom is 0.371 e. The number of benzene rings is 2. The summed E-state index contributed by atoms with van der Waals surface area (Å²) in [6, 6.07) is 15.3. The first kappa shape index (κ1) is 23.4. The third-order valence-electron chi connectivity index (χ3n) is 4.51. The van der Waals surface area contributed by atoms with Crippen LogP contribution in [0.4, 0.5) is 5.69 Å². The van der Waals surface area contributed by atoms with E-state index in [1.54, 1.807) is 36.4 Å². The van der Waals surface area contributed by atoms with Crippen molar-refractivity contribution in [2.45, 2.75) is 13.5 Å². The predicted octanol–water partition coefficient (Wildman–Crippen LogP) is 3.79. The first-order valence-electron chi connectivity index (χ1n) is 10.2. The third-order valence-corrected chi connectivity index (χ3v) is 4.51. The van der Waals surface area contributed by atoms with Crippen molar-refractivity contribution in [2.75, 3.05) is 25.6 Å². The van der Waals surface area contributed by atoms with E-state index in [1.165, 1.54) is 12.3 Å². The van der Waals surface area contributed by atoms with Crippen molar-refractivity contribution in [3.63, 3.8) is 0 Å². The highest BCUT2D eigenvalue weighted by Gasteiger charge is 2.11. The number of nitrogens with zero attached hydrogens (tertiary/aromatic N) is 2. The maximum atomic E-state index is 12.4. The van der Waals surface area contributed by atoms with E-state index >= 15 is 0 Å². The van der Waals surface area contributed by atoms with Gasteiger partial charge >= 0.3 is 5.97 Å². The van der Waals surface area contributed by atoms with Gasteiger partial charge in [0.25, 0.3) is 5.91 Å². The molecule has 0 bridgehead atoms. The second-order valence-electron chi connectivity index (χ2n) is 7.14. The number of carboxylic acid groups (broad SMARTS) is 1. The standard InChI is InChI=1S/C24H25N3O6/c1-4-31-22-12-16(8-10-20(22)32-15-19-9-11-21(33-19)24(29)30)14-25-26-23(28)17-6-5-7-18(13-17)27(2)3/h5-14H,4,15H2,1-3H3,(H,26,28)(H,29,30). The van der Waals surface area contributed by atoms with Crippen molar-refractivity contribution in [1.82, 2.24) is 5.43 Å². The summed E-state index contributed by atoms with van der Waals surface area (Å²) in [5, 5.41) is 13.0. The number of rotatable bonds is 10. The lowest BCUT2D eigenvalue weighted by molar-refractivity contribution is 0.0657. The molecule has 9 heteroatoms. The Bertz CT molecular complexity index is 1150. The molecule has 2 aromatic carbocycles. The minimum Gasteiger partial charge on any atom is -0.490 e. The van der Waals surface area contributed by atoms with Gasteiger partial charge in [-0.1, -0.05) is 6.07 Å². The number of furan rings is 1. The number of aromatic carboxylic acids is 1. The van der Waals surface area contributed by atoms with E-state index in [-0.39, 0.29) is 18.3 Å². The Labute approximate surface area is 191 Å². The van der Waals surface area contributed by atoms with E-state index in [1.807, 2.05) is 38.1 Å². The minimum atomic E-state index is -1.14. The molecule has 3 aromatic rings. The molecule has 0 saturated heterocycles. The number of hydrogen-bond acceptors (Lipinski definition) is 7. The number of carboxylic acids is 1. The van der Waals surface area contributed by atoms with Crippen LogP contribution >= 0.6 is 0 Å². The number of ether oxygens (including phenoxy) is 2. The normalized spacial score (nSPS) is 10.8. The van der Waals surface area contributed by atoms with Gasteiger partial charge in [-0.2, -0.15) is 5.10 Å². The van der Waals surface area contributed by atoms with Crippen molar-refractivity contribution in [3.05, 3.63) is 77.2 Å². The Morgan fingerprint density at radius 2 is 1.91 bits per heavy atom. The van der Waals surface area contributed by atoms with Gasteiger partial charge in [0.1, 0.15) is 12.4 Å². The topological polar surface area (TPSA) is 114 Å². The molecule has 0 aliphatic carbocycles. The van der Waals surface area contributed by atoms with Gasteiger partial charge in [-0.05, 0) is 61.0 Å². The second kappa shape index (κ2) is 10.9. The van der Waals surface area contributed by atoms with Crippen LogP contribution < -0.4 is 19.8 Å². The number of hydrazone groups is 1. The van der Waals surface area contributed by atoms with E-state index in [0.717, 1.165) is 5.69 Å². The molecule has 0 aliphatic heterocycles. The lowest BCUT2D eigenvalue weighted by Crippen LogP contribution is -2.18. The maximum absolute atomic E-state index is 12.4. The summed E-state index contributed by atoms with van der Waals surface area (Å²) in [4.78, 5) is 25.2. The zero-order chi connectivity index (χ0) is 23.8. The fourth-order valence-electron chi connectivity index (χ4n) is 2.87. The van der Waals surface area contributed by atoms with E-state index in [2.05, 4.69) is 10.5 Å². The lowest BCUT2D eigenvalue weighted by Gasteiger charge is -2.13. The zero-order valence-electron chi connectivity index (χ0n) is 18.6. The van der Waals surface area contributed by atoms with Crippen LogP contribution in [-0.4, -0.2) is 43.9 Å². The van der Waals surface area contributed by atoms with Crippen molar-refractivity contribution in [2.24, 2.45) is 5.10 Å². The third kappa shape index (κ3) is 6.36. The number of carbonyl (C=O) groups is 2. The van der Waals surface area contributed by atoms with E-state index in [0.29, 0.717) is 35.0 Å². The largest absolute Gasteiger partial charge is 0.490 e. The Hall–Kier alpha value is -4.27. The lowest BCUT2D eigenvalue weighted by atomic mass is 10.2. The van der Waals surface area contributed by atoms with Crippen LogP contribution in [0.15, 0.2) is 64.1 Å². The van der Waals surface area contributed by atoms with E-state index in [4.69, 9.17) is 19.0 Å². The number of hydrogen-bond donors (Lipinski definition) is 2. The summed E-state index contributed by atoms with van der Waals surface area (Å²) in [5.41, 5.74) is 4.63. The molecule has 172 valence electrons. The molecule has 0 radical (unpaired) electrons.